The van der Waals surface area contributed by atoms with Crippen LogP contribution >= 0.6 is 56.8 Å². The Balaban J connectivity index is 0.000000643. The summed E-state index contributed by atoms with van der Waals surface area (Å²) >= 11 is 9.50. The first-order valence-electron chi connectivity index (χ1n) is 11.7. The number of amides is 4. The fraction of sp³-hybridized carbons (Fsp3) is 0.308. The number of hydrogen-bond donors (Lipinski definition) is 4. The lowest BCUT2D eigenvalue weighted by Gasteiger charge is -2.24. The number of esters is 1. The molecule has 0 aliphatic heterocycles. The molecule has 0 bridgehead atoms. The van der Waals surface area contributed by atoms with Crippen LogP contribution < -0.4 is 21.3 Å². The van der Waals surface area contributed by atoms with Crippen LogP contribution in [0.1, 0.15) is 20.7 Å². The van der Waals surface area contributed by atoms with Crippen molar-refractivity contribution in [3.05, 3.63) is 66.8 Å². The van der Waals surface area contributed by atoms with Gasteiger partial charge in [-0.3, -0.25) is 24.0 Å². The summed E-state index contributed by atoms with van der Waals surface area (Å²) in [7, 11) is 8.46. The fourth-order valence-corrected chi connectivity index (χ4v) is 3.70. The van der Waals surface area contributed by atoms with E-state index in [9.17, 15) is 28.8 Å². The maximum absolute atomic E-state index is 12.3. The molecule has 1 unspecified atom stereocenters. The predicted molar refractivity (Wildman–Crippen MR) is 171 cm³/mol. The van der Waals surface area contributed by atoms with Crippen LogP contribution in [-0.4, -0.2) is 94.2 Å². The molecule has 0 aromatic heterocycles. The van der Waals surface area contributed by atoms with Gasteiger partial charge in [0.05, 0.1) is 7.11 Å². The van der Waals surface area contributed by atoms with Gasteiger partial charge in [-0.25, -0.2) is 4.79 Å². The molecule has 0 fully saturated rings. The van der Waals surface area contributed by atoms with E-state index < -0.39 is 35.1 Å². The Kier molecular flexibility index (Phi) is 18.7. The Bertz CT molecular complexity index is 1170. The molecule has 0 aliphatic carbocycles. The van der Waals surface area contributed by atoms with E-state index >= 15 is 0 Å². The highest BCUT2D eigenvalue weighted by atomic mass is 127. The summed E-state index contributed by atoms with van der Waals surface area (Å²) < 4.78 is 6.65. The van der Waals surface area contributed by atoms with E-state index in [4.69, 9.17) is 11.6 Å². The molecule has 15 heteroatoms. The minimum absolute atomic E-state index is 0.341. The number of ether oxygens (including phenoxy) is 1. The van der Waals surface area contributed by atoms with Gasteiger partial charge in [0.1, 0.15) is 0 Å². The molecule has 0 radical (unpaired) electrons. The normalized spacial score (nSPS) is 10.4. The molecule has 1 atom stereocenters. The van der Waals surface area contributed by atoms with Crippen molar-refractivity contribution in [2.75, 3.05) is 42.3 Å². The zero-order valence-corrected chi connectivity index (χ0v) is 28.3. The molecule has 0 aliphatic rings. The lowest BCUT2D eigenvalue weighted by molar-refractivity contribution is -0.150. The van der Waals surface area contributed by atoms with Crippen molar-refractivity contribution in [2.24, 2.45) is 0 Å². The Morgan fingerprint density at radius 3 is 1.44 bits per heavy atom. The topological polar surface area (TPSA) is 163 Å². The third-order valence-corrected chi connectivity index (χ3v) is 6.75. The third-order valence-electron chi connectivity index (χ3n) is 5.10. The van der Waals surface area contributed by atoms with E-state index in [1.165, 1.54) is 35.3 Å². The molecule has 0 spiro atoms. The number of likely N-dealkylation sites (N-methyl/N-ethyl adjacent to an activating group) is 5. The van der Waals surface area contributed by atoms with Crippen LogP contribution in [0.15, 0.2) is 48.5 Å². The maximum atomic E-state index is 12.3. The fourth-order valence-electron chi connectivity index (χ4n) is 2.85. The molecule has 4 amide bonds. The number of carbonyl (C=O) groups excluding carboxylic acids is 6. The van der Waals surface area contributed by atoms with E-state index in [0.717, 1.165) is 12.0 Å². The molecule has 0 saturated carbocycles. The van der Waals surface area contributed by atoms with Crippen LogP contribution in [0.4, 0.5) is 0 Å². The second kappa shape index (κ2) is 20.1. The lowest BCUT2D eigenvalue weighted by atomic mass is 10.1. The number of methoxy groups -OCH3 is 1. The Labute approximate surface area is 270 Å². The van der Waals surface area contributed by atoms with E-state index in [2.05, 4.69) is 71.2 Å². The summed E-state index contributed by atoms with van der Waals surface area (Å²) in [4.78, 5) is 69.1. The predicted octanol–water partition coefficient (Wildman–Crippen LogP) is 1.39. The van der Waals surface area contributed by atoms with Crippen molar-refractivity contribution in [1.29, 1.82) is 0 Å². The monoisotopic (exact) mass is 815 g/mol. The summed E-state index contributed by atoms with van der Waals surface area (Å²) in [5.41, 5.74) is 0.938. The molecular formula is C26H32ClI2N5O7. The van der Waals surface area contributed by atoms with Crippen molar-refractivity contribution in [2.45, 2.75) is 12.1 Å². The second-order valence-electron chi connectivity index (χ2n) is 7.69. The van der Waals surface area contributed by atoms with Gasteiger partial charge in [0, 0.05) is 46.5 Å². The van der Waals surface area contributed by atoms with Crippen LogP contribution in [0, 0.1) is 7.14 Å². The van der Waals surface area contributed by atoms with Crippen molar-refractivity contribution >= 4 is 91.6 Å². The Hall–Kier alpha value is -2.83. The van der Waals surface area contributed by atoms with Crippen LogP contribution in [0.2, 0.25) is 0 Å². The first-order chi connectivity index (χ1) is 19.3. The van der Waals surface area contributed by atoms with Gasteiger partial charge in [-0.1, -0.05) is 0 Å². The standard InChI is InChI=1S/C13H15IN2O4.C7H4ClIO.C6H13N3O2/c1-15-11(17)10(13(19)20-3)16(2)12(18)8-4-6-9(14)7-5-8;8-7(10)5-1-3-6(9)4-2-5;1-7-4(5(10)8-2)6(11)9-3/h4-7,10H,1-3H3,(H,15,17);1-4H;4,7H,1-3H3,(H,8,10)(H,9,11). The highest BCUT2D eigenvalue weighted by Crippen LogP contribution is 2.11. The summed E-state index contributed by atoms with van der Waals surface area (Å²) in [5.74, 6) is -2.50. The molecule has 0 saturated heterocycles. The molecule has 224 valence electrons. The smallest absolute Gasteiger partial charge is 0.338 e. The van der Waals surface area contributed by atoms with E-state index in [-0.39, 0.29) is 11.8 Å². The van der Waals surface area contributed by atoms with Crippen LogP contribution in [-0.2, 0) is 23.9 Å². The number of rotatable bonds is 8. The summed E-state index contributed by atoms with van der Waals surface area (Å²) in [6, 6.07) is 11.8. The molecule has 12 nitrogen and oxygen atoms in total. The molecule has 2 rings (SSSR count). The van der Waals surface area contributed by atoms with E-state index in [0.29, 0.717) is 11.1 Å². The average molecular weight is 816 g/mol. The van der Waals surface area contributed by atoms with E-state index in [1.54, 1.807) is 43.4 Å². The van der Waals surface area contributed by atoms with Crippen molar-refractivity contribution in [3.8, 4) is 0 Å². The van der Waals surface area contributed by atoms with Crippen molar-refractivity contribution in [3.63, 3.8) is 0 Å². The third kappa shape index (κ3) is 13.1. The lowest BCUT2D eigenvalue weighted by Crippen LogP contribution is -2.51. The highest BCUT2D eigenvalue weighted by Gasteiger charge is 2.34. The van der Waals surface area contributed by atoms with Gasteiger partial charge in [-0.05, 0) is 112 Å². The number of nitrogens with one attached hydrogen (secondary N) is 4. The average Bonchev–Trinajstić information content (AvgIpc) is 2.97. The maximum Gasteiger partial charge on any atom is 0.338 e. The van der Waals surface area contributed by atoms with Gasteiger partial charge in [0.15, 0.2) is 6.04 Å². The molecule has 0 heterocycles. The quantitative estimate of drug-likeness (QED) is 0.135. The number of benzene rings is 2. The molecular weight excluding hydrogens is 784 g/mol. The number of nitrogens with zero attached hydrogens (tertiary/aromatic N) is 1. The molecule has 4 N–H and O–H groups in total. The van der Waals surface area contributed by atoms with Crippen LogP contribution in [0.25, 0.3) is 0 Å². The van der Waals surface area contributed by atoms with Gasteiger partial charge in [0.2, 0.25) is 17.9 Å². The largest absolute Gasteiger partial charge is 0.467 e. The zero-order valence-electron chi connectivity index (χ0n) is 23.2. The van der Waals surface area contributed by atoms with Crippen LogP contribution in [0.5, 0.6) is 0 Å². The Morgan fingerprint density at radius 1 is 0.732 bits per heavy atom. The van der Waals surface area contributed by atoms with Gasteiger partial charge in [0.25, 0.3) is 17.1 Å². The van der Waals surface area contributed by atoms with Gasteiger partial charge in [-0.15, -0.1) is 0 Å². The summed E-state index contributed by atoms with van der Waals surface area (Å²) in [5, 5.41) is 9.25. The van der Waals surface area contributed by atoms with Gasteiger partial charge in [-0.2, -0.15) is 0 Å². The minimum atomic E-state index is -1.31. The number of carbonyl (C=O) groups is 6. The van der Waals surface area contributed by atoms with Crippen molar-refractivity contribution in [1.82, 2.24) is 26.2 Å². The SMILES string of the molecule is CNC(=O)C(C(=O)OC)N(C)C(=O)c1ccc(I)cc1.CNC(=O)C(NC)C(=O)NC.O=C(Cl)c1ccc(I)cc1. The van der Waals surface area contributed by atoms with Crippen LogP contribution in [0.3, 0.4) is 0 Å². The molecule has 2 aromatic rings. The molecule has 41 heavy (non-hydrogen) atoms. The first kappa shape index (κ1) is 38.2. The second-order valence-corrected chi connectivity index (χ2v) is 10.5. The van der Waals surface area contributed by atoms with E-state index in [1.807, 2.05) is 12.1 Å². The number of hydrogen-bond acceptors (Lipinski definition) is 8. The Morgan fingerprint density at radius 2 is 1.12 bits per heavy atom. The van der Waals surface area contributed by atoms with Gasteiger partial charge >= 0.3 is 5.97 Å². The van der Waals surface area contributed by atoms with Gasteiger partial charge < -0.3 is 30.9 Å². The van der Waals surface area contributed by atoms with Crippen molar-refractivity contribution < 1.29 is 33.5 Å². The summed E-state index contributed by atoms with van der Waals surface area (Å²) in [6.07, 6.45) is 0. The highest BCUT2D eigenvalue weighted by molar-refractivity contribution is 14.1. The molecule has 2 aromatic carbocycles. The first-order valence-corrected chi connectivity index (χ1v) is 14.2. The summed E-state index contributed by atoms with van der Waals surface area (Å²) in [6.45, 7) is 0. The zero-order chi connectivity index (χ0) is 31.7. The number of halogens is 3. The minimum Gasteiger partial charge on any atom is -0.467 e.